The fourth-order valence-corrected chi connectivity index (χ4v) is 3.37. The maximum atomic E-state index is 6.00. The van der Waals surface area contributed by atoms with E-state index in [0.717, 1.165) is 0 Å². The van der Waals surface area contributed by atoms with E-state index in [-0.39, 0.29) is 5.48 Å². The molecule has 0 spiro atoms. The second-order valence-electron chi connectivity index (χ2n) is 1.90. The Morgan fingerprint density at radius 1 is 1.20 bits per heavy atom. The molecule has 0 heterocycles. The van der Waals surface area contributed by atoms with Crippen LogP contribution in [0.15, 0.2) is 30.3 Å². The van der Waals surface area contributed by atoms with Crippen LogP contribution >= 0.6 is 8.92 Å². The minimum atomic E-state index is -1.55. The molecule has 0 saturated heterocycles. The van der Waals surface area contributed by atoms with Crippen molar-refractivity contribution in [2.24, 2.45) is 0 Å². The number of benzene rings is 1. The molecule has 0 atom stereocenters. The quantitative estimate of drug-likeness (QED) is 0.676. The van der Waals surface area contributed by atoms with Crippen LogP contribution in [0, 0.1) is 0 Å². The maximum absolute atomic E-state index is 6.00. The van der Waals surface area contributed by atoms with E-state index < -0.39 is 18.6 Å². The SMILES string of the molecule is O.[CH3][Sn]([Cl])[c]1ccccc1. The molecule has 1 aromatic rings. The Morgan fingerprint density at radius 2 is 1.70 bits per heavy atom. The predicted molar refractivity (Wildman–Crippen MR) is 47.2 cm³/mol. The summed E-state index contributed by atoms with van der Waals surface area (Å²) in [6.07, 6.45) is 0. The Labute approximate surface area is 71.8 Å². The molecule has 1 nitrogen and oxygen atoms in total. The molecule has 0 unspecified atom stereocenters. The summed E-state index contributed by atoms with van der Waals surface area (Å²) in [4.78, 5) is 2.17. The molecule has 1 rings (SSSR count). The molecule has 55 valence electrons. The fraction of sp³-hybridized carbons (Fsp3) is 0.143. The van der Waals surface area contributed by atoms with Crippen molar-refractivity contribution in [3.8, 4) is 0 Å². The summed E-state index contributed by atoms with van der Waals surface area (Å²) >= 11 is -1.55. The summed E-state index contributed by atoms with van der Waals surface area (Å²) < 4.78 is 1.38. The molecule has 0 aromatic heterocycles. The van der Waals surface area contributed by atoms with Gasteiger partial charge in [0.15, 0.2) is 0 Å². The molecule has 1 radical (unpaired) electrons. The summed E-state index contributed by atoms with van der Waals surface area (Å²) in [7, 11) is 6.00. The van der Waals surface area contributed by atoms with Crippen molar-refractivity contribution in [1.29, 1.82) is 0 Å². The molecule has 0 amide bonds. The van der Waals surface area contributed by atoms with Gasteiger partial charge in [0.05, 0.1) is 0 Å². The predicted octanol–water partition coefficient (Wildman–Crippen LogP) is 0.929. The molecular weight excluding hydrogens is 254 g/mol. The van der Waals surface area contributed by atoms with E-state index in [9.17, 15) is 0 Å². The monoisotopic (exact) mass is 265 g/mol. The first-order valence-corrected chi connectivity index (χ1v) is 10.7. The van der Waals surface area contributed by atoms with Crippen LogP contribution in [0.3, 0.4) is 0 Å². The van der Waals surface area contributed by atoms with Gasteiger partial charge in [-0.25, -0.2) is 0 Å². The third kappa shape index (κ3) is 2.90. The normalized spacial score (nSPS) is 9.10. The van der Waals surface area contributed by atoms with Crippen LogP contribution in [0.25, 0.3) is 0 Å². The number of hydrogen-bond donors (Lipinski definition) is 0. The van der Waals surface area contributed by atoms with Crippen LogP contribution in [-0.2, 0) is 0 Å². The van der Waals surface area contributed by atoms with Crippen molar-refractivity contribution >= 4 is 31.1 Å². The third-order valence-electron chi connectivity index (χ3n) is 1.17. The molecule has 2 N–H and O–H groups in total. The van der Waals surface area contributed by atoms with Gasteiger partial charge in [-0.05, 0) is 0 Å². The standard InChI is InChI=1S/C6H5.CH3.ClH.H2O.Sn/c1-2-4-6-5-3-1;;;;/h1-5H;1H3;1H;1H2;/q;;;;+1/p-1. The average Bonchev–Trinajstić information content (AvgIpc) is 1.90. The Hall–Kier alpha value is 0.269. The molecule has 10 heavy (non-hydrogen) atoms. The van der Waals surface area contributed by atoms with E-state index in [4.69, 9.17) is 8.92 Å². The Morgan fingerprint density at radius 3 is 2.00 bits per heavy atom. The molecule has 3 heteroatoms. The van der Waals surface area contributed by atoms with Gasteiger partial charge in [0.1, 0.15) is 0 Å². The van der Waals surface area contributed by atoms with Crippen LogP contribution in [-0.4, -0.2) is 24.1 Å². The van der Waals surface area contributed by atoms with E-state index in [0.29, 0.717) is 0 Å². The third-order valence-corrected chi connectivity index (χ3v) is 5.86. The van der Waals surface area contributed by atoms with Crippen LogP contribution in [0.2, 0.25) is 4.94 Å². The molecule has 0 fully saturated rings. The minimum absolute atomic E-state index is 0. The van der Waals surface area contributed by atoms with Gasteiger partial charge in [-0.2, -0.15) is 0 Å². The fourth-order valence-electron chi connectivity index (χ4n) is 0.668. The summed E-state index contributed by atoms with van der Waals surface area (Å²) in [6, 6.07) is 10.3. The van der Waals surface area contributed by atoms with Gasteiger partial charge < -0.3 is 5.48 Å². The van der Waals surface area contributed by atoms with Gasteiger partial charge >= 0.3 is 66.4 Å². The molecular formula is C7H10ClOSn. The molecule has 0 aliphatic rings. The Balaban J connectivity index is 0.000000810. The zero-order chi connectivity index (χ0) is 6.69. The van der Waals surface area contributed by atoms with Crippen molar-refractivity contribution in [1.82, 2.24) is 0 Å². The van der Waals surface area contributed by atoms with Gasteiger partial charge in [-0.15, -0.1) is 0 Å². The van der Waals surface area contributed by atoms with Gasteiger partial charge in [0.2, 0.25) is 0 Å². The Kier molecular flexibility index (Phi) is 5.12. The van der Waals surface area contributed by atoms with Crippen molar-refractivity contribution in [3.63, 3.8) is 0 Å². The zero-order valence-electron chi connectivity index (χ0n) is 5.76. The number of hydrogen-bond acceptors (Lipinski definition) is 0. The average molecular weight is 264 g/mol. The second-order valence-corrected chi connectivity index (χ2v) is 10.4. The number of halogens is 1. The summed E-state index contributed by atoms with van der Waals surface area (Å²) in [5, 5.41) is 0. The van der Waals surface area contributed by atoms with E-state index >= 15 is 0 Å². The molecule has 0 saturated carbocycles. The Bertz CT molecular complexity index is 176. The van der Waals surface area contributed by atoms with E-state index in [2.05, 4.69) is 17.1 Å². The second kappa shape index (κ2) is 4.99. The van der Waals surface area contributed by atoms with Gasteiger partial charge in [-0.1, -0.05) is 0 Å². The van der Waals surface area contributed by atoms with E-state index in [1.807, 2.05) is 18.2 Å². The van der Waals surface area contributed by atoms with Crippen molar-refractivity contribution in [3.05, 3.63) is 30.3 Å². The van der Waals surface area contributed by atoms with E-state index in [1.165, 1.54) is 3.58 Å². The summed E-state index contributed by atoms with van der Waals surface area (Å²) in [5.41, 5.74) is 0. The van der Waals surface area contributed by atoms with E-state index in [1.54, 1.807) is 0 Å². The van der Waals surface area contributed by atoms with Crippen LogP contribution in [0.5, 0.6) is 0 Å². The van der Waals surface area contributed by atoms with Crippen LogP contribution in [0.1, 0.15) is 0 Å². The topological polar surface area (TPSA) is 31.5 Å². The summed E-state index contributed by atoms with van der Waals surface area (Å²) in [5.74, 6) is 0. The van der Waals surface area contributed by atoms with Crippen molar-refractivity contribution in [2.45, 2.75) is 4.94 Å². The molecule has 0 aliphatic carbocycles. The summed E-state index contributed by atoms with van der Waals surface area (Å²) in [6.45, 7) is 0. The number of rotatable bonds is 1. The van der Waals surface area contributed by atoms with Gasteiger partial charge in [0.25, 0.3) is 0 Å². The zero-order valence-corrected chi connectivity index (χ0v) is 9.37. The van der Waals surface area contributed by atoms with Crippen molar-refractivity contribution in [2.75, 3.05) is 0 Å². The molecule has 0 aliphatic heterocycles. The first kappa shape index (κ1) is 10.3. The van der Waals surface area contributed by atoms with Crippen LogP contribution < -0.4 is 3.58 Å². The molecule has 1 aromatic carbocycles. The first-order valence-electron chi connectivity index (χ1n) is 2.85. The molecule has 0 bridgehead atoms. The first-order chi connectivity index (χ1) is 4.30. The van der Waals surface area contributed by atoms with Crippen LogP contribution in [0.4, 0.5) is 0 Å². The van der Waals surface area contributed by atoms with Gasteiger partial charge in [-0.3, -0.25) is 0 Å². The van der Waals surface area contributed by atoms with Gasteiger partial charge in [0, 0.05) is 0 Å². The van der Waals surface area contributed by atoms with Crippen molar-refractivity contribution < 1.29 is 5.48 Å².